The molecule has 0 unspecified atom stereocenters. The van der Waals surface area contributed by atoms with Crippen molar-refractivity contribution in [2.24, 2.45) is 0 Å². The first-order valence-electron chi connectivity index (χ1n) is 5.32. The Morgan fingerprint density at radius 1 is 1.29 bits per heavy atom. The number of Topliss-reactive ketones (excluding diaryl/α,β-unsaturated/α-hetero) is 1. The van der Waals surface area contributed by atoms with Crippen molar-refractivity contribution in [2.75, 3.05) is 18.0 Å². The van der Waals surface area contributed by atoms with Crippen LogP contribution in [0.1, 0.15) is 17.5 Å². The summed E-state index contributed by atoms with van der Waals surface area (Å²) in [5.41, 5.74) is 0.0369. The molecular weight excluding hydrogens is 231 g/mol. The number of anilines is 1. The van der Waals surface area contributed by atoms with E-state index < -0.39 is 11.7 Å². The lowest BCUT2D eigenvalue weighted by Gasteiger charge is -2.19. The van der Waals surface area contributed by atoms with Crippen molar-refractivity contribution in [3.05, 3.63) is 29.3 Å². The fourth-order valence-corrected chi connectivity index (χ4v) is 1.96. The molecule has 92 valence electrons. The van der Waals surface area contributed by atoms with E-state index in [-0.39, 0.29) is 17.9 Å². The molecule has 0 N–H and O–H groups in total. The zero-order valence-corrected chi connectivity index (χ0v) is 9.34. The maximum Gasteiger partial charge on any atom is 0.416 e. The molecule has 1 heterocycles. The van der Waals surface area contributed by atoms with Crippen LogP contribution in [-0.4, -0.2) is 18.9 Å². The van der Waals surface area contributed by atoms with Gasteiger partial charge in [0, 0.05) is 18.7 Å². The maximum absolute atomic E-state index is 12.7. The Hall–Kier alpha value is -1.52. The molecular formula is C12H12F3NO. The van der Waals surface area contributed by atoms with Crippen LogP contribution in [0.15, 0.2) is 18.2 Å². The number of nitrogens with zero attached hydrogens (tertiary/aromatic N) is 1. The molecule has 0 amide bonds. The molecule has 0 bridgehead atoms. The van der Waals surface area contributed by atoms with Crippen molar-refractivity contribution in [1.82, 2.24) is 0 Å². The van der Waals surface area contributed by atoms with Crippen molar-refractivity contribution in [3.63, 3.8) is 0 Å². The Morgan fingerprint density at radius 3 is 2.53 bits per heavy atom. The van der Waals surface area contributed by atoms with Crippen LogP contribution in [0.5, 0.6) is 0 Å². The van der Waals surface area contributed by atoms with Crippen LogP contribution < -0.4 is 4.90 Å². The topological polar surface area (TPSA) is 20.3 Å². The molecule has 1 saturated heterocycles. The molecule has 0 spiro atoms. The second kappa shape index (κ2) is 4.05. The average molecular weight is 243 g/mol. The Bertz CT molecular complexity index is 454. The molecule has 0 aromatic heterocycles. The predicted octanol–water partition coefficient (Wildman–Crippen LogP) is 2.79. The zero-order valence-electron chi connectivity index (χ0n) is 9.34. The van der Waals surface area contributed by atoms with E-state index in [2.05, 4.69) is 0 Å². The Kier molecular flexibility index (Phi) is 2.85. The van der Waals surface area contributed by atoms with Gasteiger partial charge in [-0.05, 0) is 24.6 Å². The minimum Gasteiger partial charge on any atom is -0.364 e. The number of halogens is 3. The van der Waals surface area contributed by atoms with E-state index in [4.69, 9.17) is 0 Å². The Labute approximate surface area is 97.0 Å². The van der Waals surface area contributed by atoms with Gasteiger partial charge in [-0.3, -0.25) is 4.79 Å². The lowest BCUT2D eigenvalue weighted by atomic mass is 10.1. The van der Waals surface area contributed by atoms with Crippen LogP contribution in [-0.2, 0) is 11.0 Å². The summed E-state index contributed by atoms with van der Waals surface area (Å²) >= 11 is 0. The maximum atomic E-state index is 12.7. The van der Waals surface area contributed by atoms with Gasteiger partial charge in [0.1, 0.15) is 0 Å². The van der Waals surface area contributed by atoms with Gasteiger partial charge in [0.05, 0.1) is 12.1 Å². The van der Waals surface area contributed by atoms with E-state index in [1.54, 1.807) is 11.0 Å². The van der Waals surface area contributed by atoms with Gasteiger partial charge < -0.3 is 4.90 Å². The third-order valence-corrected chi connectivity index (χ3v) is 2.92. The summed E-state index contributed by atoms with van der Waals surface area (Å²) in [6.45, 7) is 2.14. The van der Waals surface area contributed by atoms with Gasteiger partial charge >= 0.3 is 6.18 Å². The molecule has 0 saturated carbocycles. The van der Waals surface area contributed by atoms with Gasteiger partial charge in [-0.2, -0.15) is 13.2 Å². The van der Waals surface area contributed by atoms with Crippen molar-refractivity contribution >= 4 is 11.5 Å². The van der Waals surface area contributed by atoms with Gasteiger partial charge in [0.25, 0.3) is 0 Å². The lowest BCUT2D eigenvalue weighted by molar-refractivity contribution is -0.138. The molecule has 1 aliphatic heterocycles. The van der Waals surface area contributed by atoms with Gasteiger partial charge in [-0.1, -0.05) is 6.07 Å². The van der Waals surface area contributed by atoms with E-state index in [0.29, 0.717) is 18.7 Å². The van der Waals surface area contributed by atoms with E-state index in [1.807, 2.05) is 0 Å². The highest BCUT2D eigenvalue weighted by atomic mass is 19.4. The second-order valence-electron chi connectivity index (χ2n) is 4.21. The van der Waals surface area contributed by atoms with Gasteiger partial charge in [0.2, 0.25) is 0 Å². The zero-order chi connectivity index (χ0) is 12.6. The largest absolute Gasteiger partial charge is 0.416 e. The quantitative estimate of drug-likeness (QED) is 0.756. The summed E-state index contributed by atoms with van der Waals surface area (Å²) < 4.78 is 38.1. The van der Waals surface area contributed by atoms with Crippen LogP contribution in [0.3, 0.4) is 0 Å². The van der Waals surface area contributed by atoms with Crippen molar-refractivity contribution < 1.29 is 18.0 Å². The monoisotopic (exact) mass is 243 g/mol. The first-order chi connectivity index (χ1) is 7.88. The van der Waals surface area contributed by atoms with Crippen molar-refractivity contribution in [3.8, 4) is 0 Å². The van der Waals surface area contributed by atoms with Gasteiger partial charge in [-0.25, -0.2) is 0 Å². The summed E-state index contributed by atoms with van der Waals surface area (Å²) in [6, 6.07) is 4.19. The number of hydrogen-bond acceptors (Lipinski definition) is 2. The molecule has 5 heteroatoms. The Morgan fingerprint density at radius 2 is 2.00 bits per heavy atom. The number of ketones is 1. The van der Waals surface area contributed by atoms with E-state index in [9.17, 15) is 18.0 Å². The van der Waals surface area contributed by atoms with Crippen LogP contribution >= 0.6 is 0 Å². The number of hydrogen-bond donors (Lipinski definition) is 0. The molecule has 2 rings (SSSR count). The number of alkyl halides is 3. The molecule has 2 nitrogen and oxygen atoms in total. The molecule has 17 heavy (non-hydrogen) atoms. The molecule has 0 radical (unpaired) electrons. The van der Waals surface area contributed by atoms with E-state index in [0.717, 1.165) is 6.07 Å². The van der Waals surface area contributed by atoms with Gasteiger partial charge in [-0.15, -0.1) is 0 Å². The first-order valence-corrected chi connectivity index (χ1v) is 5.32. The second-order valence-corrected chi connectivity index (χ2v) is 4.21. The minimum absolute atomic E-state index is 0.0686. The highest BCUT2D eigenvalue weighted by Crippen LogP contribution is 2.34. The summed E-state index contributed by atoms with van der Waals surface area (Å²) in [6.07, 6.45) is -3.93. The molecule has 1 aliphatic rings. The fourth-order valence-electron chi connectivity index (χ4n) is 1.96. The van der Waals surface area contributed by atoms with Crippen LogP contribution in [0.25, 0.3) is 0 Å². The average Bonchev–Trinajstić information content (AvgIpc) is 2.64. The summed E-state index contributed by atoms with van der Waals surface area (Å²) in [7, 11) is 0. The fraction of sp³-hybridized carbons (Fsp3) is 0.417. The Balaban J connectivity index is 2.34. The minimum atomic E-state index is -4.34. The standard InChI is InChI=1S/C12H12F3NO/c1-8-2-3-9(6-11(8)12(13,14)15)16-5-4-10(17)7-16/h2-3,6H,4-5,7H2,1H3. The SMILES string of the molecule is Cc1ccc(N2CCC(=O)C2)cc1C(F)(F)F. The lowest BCUT2D eigenvalue weighted by Crippen LogP contribution is -2.20. The third-order valence-electron chi connectivity index (χ3n) is 2.92. The number of benzene rings is 1. The highest BCUT2D eigenvalue weighted by molar-refractivity contribution is 5.87. The highest BCUT2D eigenvalue weighted by Gasteiger charge is 2.33. The summed E-state index contributed by atoms with van der Waals surface area (Å²) in [5, 5.41) is 0. The smallest absolute Gasteiger partial charge is 0.364 e. The molecule has 1 aromatic carbocycles. The molecule has 0 atom stereocenters. The number of aryl methyl sites for hydroxylation is 1. The normalized spacial score (nSPS) is 16.7. The van der Waals surface area contributed by atoms with Crippen molar-refractivity contribution in [1.29, 1.82) is 0 Å². The van der Waals surface area contributed by atoms with Crippen LogP contribution in [0, 0.1) is 6.92 Å². The molecule has 1 aromatic rings. The first kappa shape index (κ1) is 12.0. The summed E-state index contributed by atoms with van der Waals surface area (Å²) in [5.74, 6) is 0.0686. The number of carbonyl (C=O) groups excluding carboxylic acids is 1. The molecule has 1 fully saturated rings. The molecule has 0 aliphatic carbocycles. The van der Waals surface area contributed by atoms with E-state index >= 15 is 0 Å². The number of rotatable bonds is 1. The van der Waals surface area contributed by atoms with Crippen LogP contribution in [0.2, 0.25) is 0 Å². The van der Waals surface area contributed by atoms with Gasteiger partial charge in [0.15, 0.2) is 5.78 Å². The predicted molar refractivity (Wildman–Crippen MR) is 58.0 cm³/mol. The van der Waals surface area contributed by atoms with E-state index in [1.165, 1.54) is 13.0 Å². The third kappa shape index (κ3) is 2.43. The number of carbonyl (C=O) groups is 1. The van der Waals surface area contributed by atoms with Crippen LogP contribution in [0.4, 0.5) is 18.9 Å². The van der Waals surface area contributed by atoms with Crippen molar-refractivity contribution in [2.45, 2.75) is 19.5 Å². The summed E-state index contributed by atoms with van der Waals surface area (Å²) in [4.78, 5) is 12.8.